The number of aromatic nitrogens is 2. The third kappa shape index (κ3) is 1.83. The quantitative estimate of drug-likeness (QED) is 0.791. The Morgan fingerprint density at radius 1 is 1.13 bits per heavy atom. The molecule has 2 aromatic rings. The van der Waals surface area contributed by atoms with Crippen molar-refractivity contribution < 1.29 is 4.79 Å². The Kier molecular flexibility index (Phi) is 2.41. The van der Waals surface area contributed by atoms with Crippen molar-refractivity contribution in [2.75, 3.05) is 0 Å². The summed E-state index contributed by atoms with van der Waals surface area (Å²) in [7, 11) is 0. The van der Waals surface area contributed by atoms with E-state index < -0.39 is 5.91 Å². The van der Waals surface area contributed by atoms with Crippen LogP contribution in [-0.2, 0) is 0 Å². The van der Waals surface area contributed by atoms with Gasteiger partial charge in [0.05, 0.1) is 5.56 Å². The van der Waals surface area contributed by atoms with E-state index in [1.165, 1.54) is 6.20 Å². The summed E-state index contributed by atoms with van der Waals surface area (Å²) < 4.78 is 0. The molecule has 0 unspecified atom stereocenters. The molecular formula is C11H9N3O. The number of rotatable bonds is 2. The van der Waals surface area contributed by atoms with Crippen molar-refractivity contribution in [1.29, 1.82) is 0 Å². The highest BCUT2D eigenvalue weighted by Crippen LogP contribution is 2.20. The number of primary amides is 1. The average Bonchev–Trinajstić information content (AvgIpc) is 2.30. The first-order valence-corrected chi connectivity index (χ1v) is 4.43. The number of carbonyl (C=O) groups is 1. The lowest BCUT2D eigenvalue weighted by molar-refractivity contribution is 0.100. The minimum absolute atomic E-state index is 0.408. The van der Waals surface area contributed by atoms with E-state index in [0.717, 1.165) is 11.1 Å². The van der Waals surface area contributed by atoms with E-state index in [-0.39, 0.29) is 0 Å². The Balaban J connectivity index is 2.58. The minimum Gasteiger partial charge on any atom is -0.366 e. The van der Waals surface area contributed by atoms with Crippen LogP contribution in [0.15, 0.2) is 43.0 Å². The van der Waals surface area contributed by atoms with Gasteiger partial charge >= 0.3 is 0 Å². The standard InChI is InChI=1S/C11H9N3O/c12-11(15)10-7-14-5-3-9(10)8-2-1-4-13-6-8/h1-7H,(H2,12,15). The smallest absolute Gasteiger partial charge is 0.250 e. The topological polar surface area (TPSA) is 68.9 Å². The molecule has 0 spiro atoms. The monoisotopic (exact) mass is 199 g/mol. The van der Waals surface area contributed by atoms with E-state index in [1.54, 1.807) is 30.7 Å². The summed E-state index contributed by atoms with van der Waals surface area (Å²) in [5.41, 5.74) is 7.27. The lowest BCUT2D eigenvalue weighted by Gasteiger charge is -2.04. The number of carbonyl (C=O) groups excluding carboxylic acids is 1. The van der Waals surface area contributed by atoms with Gasteiger partial charge in [-0.3, -0.25) is 14.8 Å². The van der Waals surface area contributed by atoms with Gasteiger partial charge in [-0.05, 0) is 17.7 Å². The van der Waals surface area contributed by atoms with Gasteiger partial charge in [0, 0.05) is 30.4 Å². The first kappa shape index (κ1) is 9.33. The van der Waals surface area contributed by atoms with Crippen LogP contribution in [0.25, 0.3) is 11.1 Å². The molecule has 0 aliphatic rings. The predicted molar refractivity (Wildman–Crippen MR) is 56.0 cm³/mol. The van der Waals surface area contributed by atoms with E-state index in [1.807, 2.05) is 6.07 Å². The highest BCUT2D eigenvalue weighted by atomic mass is 16.1. The van der Waals surface area contributed by atoms with E-state index in [2.05, 4.69) is 9.97 Å². The van der Waals surface area contributed by atoms with Gasteiger partial charge in [0.2, 0.25) is 0 Å². The summed E-state index contributed by atoms with van der Waals surface area (Å²) in [6.45, 7) is 0. The fraction of sp³-hybridized carbons (Fsp3) is 0. The molecule has 0 radical (unpaired) electrons. The van der Waals surface area contributed by atoms with Crippen LogP contribution >= 0.6 is 0 Å². The van der Waals surface area contributed by atoms with Gasteiger partial charge < -0.3 is 5.73 Å². The molecule has 1 amide bonds. The third-order valence-corrected chi connectivity index (χ3v) is 2.06. The third-order valence-electron chi connectivity index (χ3n) is 2.06. The normalized spacial score (nSPS) is 9.87. The molecule has 15 heavy (non-hydrogen) atoms. The van der Waals surface area contributed by atoms with E-state index in [4.69, 9.17) is 5.73 Å². The Labute approximate surface area is 86.8 Å². The molecule has 0 aliphatic heterocycles. The molecule has 2 aromatic heterocycles. The number of hydrogen-bond donors (Lipinski definition) is 1. The molecule has 0 saturated carbocycles. The van der Waals surface area contributed by atoms with Crippen molar-refractivity contribution in [2.45, 2.75) is 0 Å². The molecule has 74 valence electrons. The Hall–Kier alpha value is -2.23. The van der Waals surface area contributed by atoms with Gasteiger partial charge in [-0.15, -0.1) is 0 Å². The highest BCUT2D eigenvalue weighted by Gasteiger charge is 2.09. The molecule has 0 saturated heterocycles. The summed E-state index contributed by atoms with van der Waals surface area (Å²) in [5.74, 6) is -0.484. The molecule has 0 aromatic carbocycles. The van der Waals surface area contributed by atoms with Crippen LogP contribution in [0.2, 0.25) is 0 Å². The molecule has 0 bridgehead atoms. The fourth-order valence-corrected chi connectivity index (χ4v) is 1.36. The van der Waals surface area contributed by atoms with Crippen molar-refractivity contribution >= 4 is 5.91 Å². The van der Waals surface area contributed by atoms with Gasteiger partial charge in [0.25, 0.3) is 5.91 Å². The number of hydrogen-bond acceptors (Lipinski definition) is 3. The van der Waals surface area contributed by atoms with Gasteiger partial charge in [0.1, 0.15) is 0 Å². The summed E-state index contributed by atoms with van der Waals surface area (Å²) in [6.07, 6.45) is 6.44. The average molecular weight is 199 g/mol. The number of pyridine rings is 2. The largest absolute Gasteiger partial charge is 0.366 e. The van der Waals surface area contributed by atoms with Crippen LogP contribution in [0.5, 0.6) is 0 Å². The second kappa shape index (κ2) is 3.88. The van der Waals surface area contributed by atoms with Crippen molar-refractivity contribution in [1.82, 2.24) is 9.97 Å². The Morgan fingerprint density at radius 2 is 1.93 bits per heavy atom. The van der Waals surface area contributed by atoms with Crippen molar-refractivity contribution in [3.63, 3.8) is 0 Å². The second-order valence-electron chi connectivity index (χ2n) is 3.03. The van der Waals surface area contributed by atoms with Crippen molar-refractivity contribution in [2.24, 2.45) is 5.73 Å². The lowest BCUT2D eigenvalue weighted by Crippen LogP contribution is -2.12. The molecular weight excluding hydrogens is 190 g/mol. The SMILES string of the molecule is NC(=O)c1cnccc1-c1cccnc1. The molecule has 2 N–H and O–H groups in total. The maximum atomic E-state index is 11.2. The number of nitrogens with two attached hydrogens (primary N) is 1. The van der Waals surface area contributed by atoms with Gasteiger partial charge in [-0.1, -0.05) is 6.07 Å². The van der Waals surface area contributed by atoms with Crippen molar-refractivity contribution in [3.8, 4) is 11.1 Å². The molecule has 2 rings (SSSR count). The zero-order valence-corrected chi connectivity index (χ0v) is 7.92. The van der Waals surface area contributed by atoms with E-state index in [0.29, 0.717) is 5.56 Å². The predicted octanol–water partition coefficient (Wildman–Crippen LogP) is 1.24. The van der Waals surface area contributed by atoms with Crippen LogP contribution in [0, 0.1) is 0 Å². The Bertz CT molecular complexity index is 482. The molecule has 4 heteroatoms. The minimum atomic E-state index is -0.484. The van der Waals surface area contributed by atoms with Crippen LogP contribution < -0.4 is 5.73 Å². The van der Waals surface area contributed by atoms with E-state index in [9.17, 15) is 4.79 Å². The summed E-state index contributed by atoms with van der Waals surface area (Å²) in [6, 6.07) is 5.42. The Morgan fingerprint density at radius 3 is 2.60 bits per heavy atom. The zero-order chi connectivity index (χ0) is 10.7. The first-order chi connectivity index (χ1) is 7.29. The van der Waals surface area contributed by atoms with Gasteiger partial charge in [-0.2, -0.15) is 0 Å². The van der Waals surface area contributed by atoms with E-state index >= 15 is 0 Å². The molecule has 0 aliphatic carbocycles. The number of amides is 1. The first-order valence-electron chi connectivity index (χ1n) is 4.43. The fourth-order valence-electron chi connectivity index (χ4n) is 1.36. The van der Waals surface area contributed by atoms with Crippen LogP contribution in [-0.4, -0.2) is 15.9 Å². The molecule has 0 fully saturated rings. The summed E-state index contributed by atoms with van der Waals surface area (Å²) in [4.78, 5) is 19.0. The summed E-state index contributed by atoms with van der Waals surface area (Å²) in [5, 5.41) is 0. The molecule has 0 atom stereocenters. The van der Waals surface area contributed by atoms with Gasteiger partial charge in [0.15, 0.2) is 0 Å². The maximum Gasteiger partial charge on any atom is 0.250 e. The second-order valence-corrected chi connectivity index (χ2v) is 3.03. The lowest BCUT2D eigenvalue weighted by atomic mass is 10.0. The van der Waals surface area contributed by atoms with Gasteiger partial charge in [-0.25, -0.2) is 0 Å². The number of nitrogens with zero attached hydrogens (tertiary/aromatic N) is 2. The zero-order valence-electron chi connectivity index (χ0n) is 7.92. The maximum absolute atomic E-state index is 11.2. The van der Waals surface area contributed by atoms with Crippen LogP contribution in [0.1, 0.15) is 10.4 Å². The van der Waals surface area contributed by atoms with Crippen LogP contribution in [0.4, 0.5) is 0 Å². The molecule has 2 heterocycles. The molecule has 4 nitrogen and oxygen atoms in total. The van der Waals surface area contributed by atoms with Crippen LogP contribution in [0.3, 0.4) is 0 Å². The summed E-state index contributed by atoms with van der Waals surface area (Å²) >= 11 is 0. The highest BCUT2D eigenvalue weighted by molar-refractivity contribution is 5.99. The van der Waals surface area contributed by atoms with Crippen molar-refractivity contribution in [3.05, 3.63) is 48.5 Å².